The molecule has 0 aromatic carbocycles. The van der Waals surface area contributed by atoms with Gasteiger partial charge in [0.25, 0.3) is 0 Å². The fourth-order valence-corrected chi connectivity index (χ4v) is 1.24. The lowest BCUT2D eigenvalue weighted by molar-refractivity contribution is 0.0686. The highest BCUT2D eigenvalue weighted by molar-refractivity contribution is 5.86. The predicted octanol–water partition coefficient (Wildman–Crippen LogP) is 1.13. The molecule has 0 spiro atoms. The maximum absolute atomic E-state index is 10.7. The van der Waals surface area contributed by atoms with E-state index < -0.39 is 5.97 Å². The van der Waals surface area contributed by atoms with Gasteiger partial charge in [-0.15, -0.1) is 0 Å². The zero-order chi connectivity index (χ0) is 10.0. The van der Waals surface area contributed by atoms with Gasteiger partial charge >= 0.3 is 5.97 Å². The summed E-state index contributed by atoms with van der Waals surface area (Å²) >= 11 is 0. The number of nitrogens with two attached hydrogens (primary N) is 1. The van der Waals surface area contributed by atoms with Crippen molar-refractivity contribution in [2.45, 2.75) is 19.4 Å². The van der Waals surface area contributed by atoms with Crippen molar-refractivity contribution >= 4 is 5.97 Å². The zero-order valence-corrected chi connectivity index (χ0v) is 7.82. The Morgan fingerprint density at radius 3 is 2.77 bits per heavy atom. The molecule has 72 valence electrons. The van der Waals surface area contributed by atoms with Gasteiger partial charge in [0, 0.05) is 19.3 Å². The van der Waals surface area contributed by atoms with E-state index in [2.05, 4.69) is 0 Å². The fraction of sp³-hybridized carbons (Fsp3) is 0.444. The zero-order valence-electron chi connectivity index (χ0n) is 7.82. The van der Waals surface area contributed by atoms with Gasteiger partial charge in [0.1, 0.15) is 5.69 Å². The molecule has 0 saturated carbocycles. The smallest absolute Gasteiger partial charge is 0.352 e. The molecule has 1 heterocycles. The Kier molecular flexibility index (Phi) is 2.72. The Morgan fingerprint density at radius 2 is 2.38 bits per heavy atom. The Morgan fingerprint density at radius 1 is 1.77 bits per heavy atom. The highest BCUT2D eigenvalue weighted by Crippen LogP contribution is 2.16. The third-order valence-electron chi connectivity index (χ3n) is 2.11. The van der Waals surface area contributed by atoms with Crippen molar-refractivity contribution in [1.82, 2.24) is 4.57 Å². The first-order chi connectivity index (χ1) is 6.06. The molecule has 0 fully saturated rings. The molecule has 1 atom stereocenters. The van der Waals surface area contributed by atoms with Crippen molar-refractivity contribution in [3.63, 3.8) is 0 Å². The number of hydrogen-bond acceptors (Lipinski definition) is 2. The number of aromatic nitrogens is 1. The monoisotopic (exact) mass is 182 g/mol. The lowest BCUT2D eigenvalue weighted by Crippen LogP contribution is -2.07. The number of carboxylic acids is 1. The van der Waals surface area contributed by atoms with E-state index in [-0.39, 0.29) is 11.7 Å². The molecule has 0 unspecified atom stereocenters. The molecule has 13 heavy (non-hydrogen) atoms. The third kappa shape index (κ3) is 1.89. The topological polar surface area (TPSA) is 68.2 Å². The average molecular weight is 182 g/mol. The van der Waals surface area contributed by atoms with Crippen molar-refractivity contribution in [2.75, 3.05) is 0 Å². The van der Waals surface area contributed by atoms with Crippen LogP contribution in [-0.2, 0) is 7.05 Å². The molecule has 4 heteroatoms. The summed E-state index contributed by atoms with van der Waals surface area (Å²) in [7, 11) is 1.70. The number of hydrogen-bond donors (Lipinski definition) is 2. The maximum atomic E-state index is 10.7. The van der Waals surface area contributed by atoms with Crippen LogP contribution in [0, 0.1) is 0 Å². The SMILES string of the molecule is CC[C@H](N)c1cc(C(=O)O)n(C)c1. The summed E-state index contributed by atoms with van der Waals surface area (Å²) in [5.41, 5.74) is 6.92. The van der Waals surface area contributed by atoms with Crippen LogP contribution in [0.15, 0.2) is 12.3 Å². The Labute approximate surface area is 77.0 Å². The van der Waals surface area contributed by atoms with Gasteiger partial charge in [0.05, 0.1) is 0 Å². The van der Waals surface area contributed by atoms with Crippen molar-refractivity contribution < 1.29 is 9.90 Å². The van der Waals surface area contributed by atoms with Gasteiger partial charge in [0.2, 0.25) is 0 Å². The Bertz CT molecular complexity index is 317. The van der Waals surface area contributed by atoms with Crippen molar-refractivity contribution in [3.05, 3.63) is 23.5 Å². The van der Waals surface area contributed by atoms with Crippen LogP contribution in [0.2, 0.25) is 0 Å². The van der Waals surface area contributed by atoms with E-state index in [0.29, 0.717) is 0 Å². The lowest BCUT2D eigenvalue weighted by atomic mass is 10.1. The first kappa shape index (κ1) is 9.80. The summed E-state index contributed by atoms with van der Waals surface area (Å²) in [6.07, 6.45) is 2.57. The van der Waals surface area contributed by atoms with Crippen LogP contribution in [0.3, 0.4) is 0 Å². The van der Waals surface area contributed by atoms with E-state index in [1.807, 2.05) is 6.92 Å². The second-order valence-corrected chi connectivity index (χ2v) is 3.09. The lowest BCUT2D eigenvalue weighted by Gasteiger charge is -2.03. The van der Waals surface area contributed by atoms with Crippen LogP contribution in [0.4, 0.5) is 0 Å². The summed E-state index contributed by atoms with van der Waals surface area (Å²) in [6.45, 7) is 1.97. The number of aryl methyl sites for hydroxylation is 1. The molecular formula is C9H14N2O2. The molecule has 1 aromatic rings. The largest absolute Gasteiger partial charge is 0.477 e. The van der Waals surface area contributed by atoms with E-state index in [1.165, 1.54) is 0 Å². The van der Waals surface area contributed by atoms with Crippen LogP contribution < -0.4 is 5.73 Å². The van der Waals surface area contributed by atoms with Crippen LogP contribution in [0.1, 0.15) is 35.4 Å². The summed E-state index contributed by atoms with van der Waals surface area (Å²) in [6, 6.07) is 1.55. The van der Waals surface area contributed by atoms with E-state index in [9.17, 15) is 4.79 Å². The van der Waals surface area contributed by atoms with Crippen molar-refractivity contribution in [2.24, 2.45) is 12.8 Å². The standard InChI is InChI=1S/C9H14N2O2/c1-3-7(10)6-4-8(9(12)13)11(2)5-6/h4-5,7H,3,10H2,1-2H3,(H,12,13)/t7-/m0/s1. The normalized spacial score (nSPS) is 12.8. The minimum absolute atomic E-state index is 0.0701. The van der Waals surface area contributed by atoms with Crippen LogP contribution >= 0.6 is 0 Å². The highest BCUT2D eigenvalue weighted by Gasteiger charge is 2.12. The molecule has 3 N–H and O–H groups in total. The Balaban J connectivity index is 3.01. The molecule has 0 aliphatic carbocycles. The van der Waals surface area contributed by atoms with E-state index in [0.717, 1.165) is 12.0 Å². The van der Waals surface area contributed by atoms with Gasteiger partial charge in [-0.1, -0.05) is 6.92 Å². The molecule has 0 bridgehead atoms. The summed E-state index contributed by atoms with van der Waals surface area (Å²) in [4.78, 5) is 10.7. The number of nitrogens with zero attached hydrogens (tertiary/aromatic N) is 1. The maximum Gasteiger partial charge on any atom is 0.352 e. The Hall–Kier alpha value is -1.29. The van der Waals surface area contributed by atoms with Gasteiger partial charge in [-0.05, 0) is 18.1 Å². The van der Waals surface area contributed by atoms with Gasteiger partial charge < -0.3 is 15.4 Å². The molecule has 0 amide bonds. The molecular weight excluding hydrogens is 168 g/mol. The number of carbonyl (C=O) groups is 1. The molecule has 1 aromatic heterocycles. The minimum Gasteiger partial charge on any atom is -0.477 e. The van der Waals surface area contributed by atoms with Gasteiger partial charge in [0.15, 0.2) is 0 Å². The van der Waals surface area contributed by atoms with E-state index >= 15 is 0 Å². The molecule has 0 aliphatic rings. The first-order valence-corrected chi connectivity index (χ1v) is 4.21. The van der Waals surface area contributed by atoms with Gasteiger partial charge in [-0.25, -0.2) is 4.79 Å². The van der Waals surface area contributed by atoms with E-state index in [1.54, 1.807) is 23.9 Å². The van der Waals surface area contributed by atoms with Gasteiger partial charge in [-0.3, -0.25) is 0 Å². The molecule has 0 saturated heterocycles. The summed E-state index contributed by atoms with van der Waals surface area (Å²) in [5, 5.41) is 8.77. The van der Waals surface area contributed by atoms with E-state index in [4.69, 9.17) is 10.8 Å². The van der Waals surface area contributed by atoms with Crippen molar-refractivity contribution in [1.29, 1.82) is 0 Å². The second-order valence-electron chi connectivity index (χ2n) is 3.09. The summed E-state index contributed by atoms with van der Waals surface area (Å²) in [5.74, 6) is -0.919. The second kappa shape index (κ2) is 3.62. The fourth-order valence-electron chi connectivity index (χ4n) is 1.24. The van der Waals surface area contributed by atoms with Crippen LogP contribution in [-0.4, -0.2) is 15.6 Å². The first-order valence-electron chi connectivity index (χ1n) is 4.21. The number of carboxylic acid groups (broad SMARTS) is 1. The number of rotatable bonds is 3. The molecule has 4 nitrogen and oxygen atoms in total. The number of aromatic carboxylic acids is 1. The molecule has 1 rings (SSSR count). The highest BCUT2D eigenvalue weighted by atomic mass is 16.4. The van der Waals surface area contributed by atoms with Gasteiger partial charge in [-0.2, -0.15) is 0 Å². The third-order valence-corrected chi connectivity index (χ3v) is 2.11. The van der Waals surface area contributed by atoms with Crippen LogP contribution in [0.5, 0.6) is 0 Å². The quantitative estimate of drug-likeness (QED) is 0.736. The minimum atomic E-state index is -0.919. The average Bonchev–Trinajstić information content (AvgIpc) is 2.46. The predicted molar refractivity (Wildman–Crippen MR) is 49.6 cm³/mol. The molecule has 0 aliphatic heterocycles. The summed E-state index contributed by atoms with van der Waals surface area (Å²) < 4.78 is 1.58. The molecule has 0 radical (unpaired) electrons. The van der Waals surface area contributed by atoms with Crippen molar-refractivity contribution in [3.8, 4) is 0 Å². The van der Waals surface area contributed by atoms with Crippen LogP contribution in [0.25, 0.3) is 0 Å².